The van der Waals surface area contributed by atoms with Crippen LogP contribution >= 0.6 is 15.9 Å². The van der Waals surface area contributed by atoms with Crippen LogP contribution in [0.3, 0.4) is 0 Å². The van der Waals surface area contributed by atoms with Crippen LogP contribution < -0.4 is 10.9 Å². The number of halogens is 2. The topological polar surface area (TPSA) is 95.6 Å². The van der Waals surface area contributed by atoms with Crippen molar-refractivity contribution in [2.45, 2.75) is 12.5 Å². The van der Waals surface area contributed by atoms with Gasteiger partial charge < -0.3 is 9.82 Å². The highest BCUT2D eigenvalue weighted by molar-refractivity contribution is 9.10. The summed E-state index contributed by atoms with van der Waals surface area (Å²) in [5.41, 5.74) is 5.84. The van der Waals surface area contributed by atoms with Gasteiger partial charge in [0, 0.05) is 22.7 Å². The van der Waals surface area contributed by atoms with Crippen LogP contribution in [-0.2, 0) is 9.63 Å². The smallest absolute Gasteiger partial charge is 0.286 e. The number of hydrogen-bond acceptors (Lipinski definition) is 4. The first kappa shape index (κ1) is 16.2. The number of oxime groups is 1. The minimum absolute atomic E-state index is 0.180. The molecule has 3 N–H and O–H groups in total. The second-order valence-corrected chi connectivity index (χ2v) is 5.94. The molecule has 1 aromatic carbocycles. The molecule has 2 aromatic rings. The van der Waals surface area contributed by atoms with Gasteiger partial charge in [-0.25, -0.2) is 4.39 Å². The number of aromatic amines is 1. The average molecular weight is 395 g/mol. The lowest BCUT2D eigenvalue weighted by Gasteiger charge is -2.10. The Morgan fingerprint density at radius 2 is 2.17 bits per heavy atom. The maximum atomic E-state index is 13.2. The first-order valence-corrected chi connectivity index (χ1v) is 7.75. The molecule has 0 saturated heterocycles. The molecule has 1 aromatic heterocycles. The highest BCUT2D eigenvalue weighted by Crippen LogP contribution is 2.17. The Morgan fingerprint density at radius 1 is 1.33 bits per heavy atom. The molecule has 0 spiro atoms. The zero-order chi connectivity index (χ0) is 17.1. The van der Waals surface area contributed by atoms with Gasteiger partial charge >= 0.3 is 0 Å². The lowest BCUT2D eigenvalue weighted by atomic mass is 10.0. The number of carbonyl (C=O) groups is 2. The van der Waals surface area contributed by atoms with Gasteiger partial charge in [0.05, 0.1) is 5.71 Å². The number of benzene rings is 1. The predicted octanol–water partition coefficient (Wildman–Crippen LogP) is 1.87. The van der Waals surface area contributed by atoms with E-state index >= 15 is 0 Å². The number of carbonyl (C=O) groups excluding carboxylic acids is 2. The summed E-state index contributed by atoms with van der Waals surface area (Å²) in [4.78, 5) is 31.6. The fraction of sp³-hybridized carbons (Fsp3) is 0.133. The predicted molar refractivity (Wildman–Crippen MR) is 86.5 cm³/mol. The quantitative estimate of drug-likeness (QED) is 0.693. The first-order chi connectivity index (χ1) is 11.5. The molecule has 0 bridgehead atoms. The summed E-state index contributed by atoms with van der Waals surface area (Å²) in [6, 6.07) is 7.43. The van der Waals surface area contributed by atoms with E-state index in [1.165, 1.54) is 12.1 Å². The maximum Gasteiger partial charge on any atom is 0.286 e. The third-order valence-electron chi connectivity index (χ3n) is 3.31. The fourth-order valence-electron chi connectivity index (χ4n) is 2.12. The highest BCUT2D eigenvalue weighted by atomic mass is 79.9. The summed E-state index contributed by atoms with van der Waals surface area (Å²) in [7, 11) is 0. The molecule has 0 aliphatic carbocycles. The number of nitrogens with one attached hydrogen (secondary N) is 3. The first-order valence-electron chi connectivity index (χ1n) is 6.95. The highest BCUT2D eigenvalue weighted by Gasteiger charge is 2.29. The van der Waals surface area contributed by atoms with Crippen molar-refractivity contribution in [3.8, 4) is 0 Å². The van der Waals surface area contributed by atoms with E-state index in [0.717, 1.165) is 0 Å². The van der Waals surface area contributed by atoms with Crippen LogP contribution in [0.2, 0.25) is 0 Å². The minimum Gasteiger partial charge on any atom is -0.382 e. The van der Waals surface area contributed by atoms with Gasteiger partial charge in [-0.05, 0) is 34.1 Å². The van der Waals surface area contributed by atoms with Crippen LogP contribution in [0.4, 0.5) is 4.39 Å². The molecule has 0 saturated carbocycles. The Kier molecular flexibility index (Phi) is 4.61. The van der Waals surface area contributed by atoms with Crippen molar-refractivity contribution >= 4 is 33.5 Å². The van der Waals surface area contributed by atoms with Gasteiger partial charge in [-0.3, -0.25) is 20.4 Å². The van der Waals surface area contributed by atoms with Gasteiger partial charge in [0.15, 0.2) is 0 Å². The molecule has 24 heavy (non-hydrogen) atoms. The van der Waals surface area contributed by atoms with E-state index in [0.29, 0.717) is 15.7 Å². The standard InChI is InChI=1S/C15H12BrFN4O3/c16-9-5-12(18-7-9)14(22)19-20-15(23)13-6-11(21-24-13)8-2-1-3-10(17)4-8/h1-5,7,13,18H,6H2,(H,19,22)(H,20,23)/t13-/m1/s1. The number of amides is 2. The van der Waals surface area contributed by atoms with Crippen molar-refractivity contribution in [3.63, 3.8) is 0 Å². The van der Waals surface area contributed by atoms with Gasteiger partial charge in [0.1, 0.15) is 11.5 Å². The minimum atomic E-state index is -0.890. The summed E-state index contributed by atoms with van der Waals surface area (Å²) >= 11 is 3.21. The second kappa shape index (κ2) is 6.83. The van der Waals surface area contributed by atoms with Gasteiger partial charge in [-0.15, -0.1) is 0 Å². The third-order valence-corrected chi connectivity index (χ3v) is 3.77. The van der Waals surface area contributed by atoms with E-state index in [4.69, 9.17) is 4.84 Å². The molecule has 9 heteroatoms. The average Bonchev–Trinajstić information content (AvgIpc) is 3.21. The lowest BCUT2D eigenvalue weighted by molar-refractivity contribution is -0.131. The summed E-state index contributed by atoms with van der Waals surface area (Å²) in [6.45, 7) is 0. The van der Waals surface area contributed by atoms with E-state index in [1.807, 2.05) is 0 Å². The van der Waals surface area contributed by atoms with Crippen LogP contribution in [0.15, 0.2) is 46.2 Å². The van der Waals surface area contributed by atoms with Crippen LogP contribution in [0.25, 0.3) is 0 Å². The molecule has 3 rings (SSSR count). The van der Waals surface area contributed by atoms with Gasteiger partial charge in [-0.1, -0.05) is 17.3 Å². The summed E-state index contributed by atoms with van der Waals surface area (Å²) in [5.74, 6) is -1.45. The molecule has 1 aliphatic rings. The summed E-state index contributed by atoms with van der Waals surface area (Å²) < 4.78 is 13.9. The monoisotopic (exact) mass is 394 g/mol. The molecular formula is C15H12BrFN4O3. The van der Waals surface area contributed by atoms with Crippen molar-refractivity contribution in [3.05, 3.63) is 58.1 Å². The molecule has 0 unspecified atom stereocenters. The van der Waals surface area contributed by atoms with Gasteiger partial charge in [-0.2, -0.15) is 0 Å². The summed E-state index contributed by atoms with van der Waals surface area (Å²) in [5, 5.41) is 3.80. The fourth-order valence-corrected chi connectivity index (χ4v) is 2.47. The molecule has 0 fully saturated rings. The van der Waals surface area contributed by atoms with E-state index < -0.39 is 23.7 Å². The number of rotatable bonds is 3. The van der Waals surface area contributed by atoms with E-state index in [9.17, 15) is 14.0 Å². The van der Waals surface area contributed by atoms with Crippen LogP contribution in [0.5, 0.6) is 0 Å². The third kappa shape index (κ3) is 3.62. The number of hydrogen-bond donors (Lipinski definition) is 3. The van der Waals surface area contributed by atoms with Gasteiger partial charge in [0.25, 0.3) is 11.8 Å². The molecule has 2 amide bonds. The Balaban J connectivity index is 1.53. The molecule has 7 nitrogen and oxygen atoms in total. The molecule has 124 valence electrons. The largest absolute Gasteiger partial charge is 0.382 e. The number of hydrazine groups is 1. The van der Waals surface area contributed by atoms with Crippen LogP contribution in [0.1, 0.15) is 22.5 Å². The number of aromatic nitrogens is 1. The molecule has 1 aliphatic heterocycles. The molecule has 0 radical (unpaired) electrons. The number of H-pyrrole nitrogens is 1. The lowest BCUT2D eigenvalue weighted by Crippen LogP contribution is -2.46. The van der Waals surface area contributed by atoms with Crippen molar-refractivity contribution in [1.82, 2.24) is 15.8 Å². The second-order valence-electron chi connectivity index (χ2n) is 5.02. The Hall–Kier alpha value is -2.68. The number of nitrogens with zero attached hydrogens (tertiary/aromatic N) is 1. The molecular weight excluding hydrogens is 383 g/mol. The van der Waals surface area contributed by atoms with E-state index in [1.54, 1.807) is 24.4 Å². The summed E-state index contributed by atoms with van der Waals surface area (Å²) in [6.07, 6.45) is 0.883. The normalized spacial score (nSPS) is 16.2. The van der Waals surface area contributed by atoms with E-state index in [2.05, 4.69) is 36.9 Å². The van der Waals surface area contributed by atoms with E-state index in [-0.39, 0.29) is 12.1 Å². The Morgan fingerprint density at radius 3 is 2.88 bits per heavy atom. The van der Waals surface area contributed by atoms with Crippen molar-refractivity contribution < 1.29 is 18.8 Å². The maximum absolute atomic E-state index is 13.2. The Bertz CT molecular complexity index is 821. The van der Waals surface area contributed by atoms with Crippen molar-refractivity contribution in [2.24, 2.45) is 5.16 Å². The molecule has 2 heterocycles. The van der Waals surface area contributed by atoms with Crippen LogP contribution in [-0.4, -0.2) is 28.6 Å². The van der Waals surface area contributed by atoms with Crippen molar-refractivity contribution in [2.75, 3.05) is 0 Å². The SMILES string of the molecule is O=C(NNC(=O)[C@H]1CC(c2cccc(F)c2)=NO1)c1cc(Br)c[nH]1. The molecule has 1 atom stereocenters. The van der Waals surface area contributed by atoms with Gasteiger partial charge in [0.2, 0.25) is 6.10 Å². The Labute approximate surface area is 144 Å². The zero-order valence-electron chi connectivity index (χ0n) is 12.2. The zero-order valence-corrected chi connectivity index (χ0v) is 13.8. The van der Waals surface area contributed by atoms with Crippen molar-refractivity contribution in [1.29, 1.82) is 0 Å². The van der Waals surface area contributed by atoms with Crippen LogP contribution in [0, 0.1) is 5.82 Å².